The number of benzene rings is 3. The first-order valence-electron chi connectivity index (χ1n) is 11.0. The molecule has 5 rings (SSSR count). The average molecular weight is 492 g/mol. The molecule has 0 aliphatic carbocycles. The largest absolute Gasteiger partial charge is 0.495 e. The predicted molar refractivity (Wildman–Crippen MR) is 133 cm³/mol. The van der Waals surface area contributed by atoms with E-state index in [1.165, 1.54) is 26.4 Å². The summed E-state index contributed by atoms with van der Waals surface area (Å²) in [5.74, 6) is 0.512. The van der Waals surface area contributed by atoms with Crippen LogP contribution < -0.4 is 14.8 Å². The number of nitrogens with one attached hydrogen (secondary N) is 1. The Morgan fingerprint density at radius 1 is 1.00 bits per heavy atom. The molecule has 2 heterocycles. The number of carbonyl (C=O) groups excluding carboxylic acids is 1. The molecule has 0 radical (unpaired) electrons. The van der Waals surface area contributed by atoms with Gasteiger partial charge >= 0.3 is 6.03 Å². The molecule has 1 aliphatic rings. The Balaban J connectivity index is 1.61. The van der Waals surface area contributed by atoms with Crippen molar-refractivity contribution in [2.75, 3.05) is 19.5 Å². The van der Waals surface area contributed by atoms with Gasteiger partial charge in [-0.05, 0) is 47.5 Å². The van der Waals surface area contributed by atoms with Crippen molar-refractivity contribution >= 4 is 23.3 Å². The number of amides is 2. The summed E-state index contributed by atoms with van der Waals surface area (Å²) in [6.07, 6.45) is 1.97. The highest BCUT2D eigenvalue weighted by Gasteiger charge is 2.33. The maximum atomic E-state index is 13.8. The lowest BCUT2D eigenvalue weighted by Crippen LogP contribution is -2.38. The first-order valence-corrected chi connectivity index (χ1v) is 11.4. The van der Waals surface area contributed by atoms with E-state index in [4.69, 9.17) is 21.1 Å². The summed E-state index contributed by atoms with van der Waals surface area (Å²) in [5, 5.41) is 3.30. The fraction of sp³-hybridized carbons (Fsp3) is 0.148. The number of rotatable bonds is 4. The molecule has 1 aromatic heterocycles. The van der Waals surface area contributed by atoms with Crippen molar-refractivity contribution in [1.82, 2.24) is 9.47 Å². The third-order valence-electron chi connectivity index (χ3n) is 6.13. The minimum Gasteiger partial charge on any atom is -0.495 e. The number of ether oxygens (including phenoxy) is 2. The minimum absolute atomic E-state index is 0.331. The third-order valence-corrected chi connectivity index (χ3v) is 6.42. The minimum atomic E-state index is -0.474. The number of methoxy groups -OCH3 is 2. The number of aromatic nitrogens is 1. The van der Waals surface area contributed by atoms with Crippen LogP contribution in [-0.2, 0) is 6.54 Å². The number of hydrogen-bond acceptors (Lipinski definition) is 3. The fourth-order valence-corrected chi connectivity index (χ4v) is 4.72. The quantitative estimate of drug-likeness (QED) is 0.358. The van der Waals surface area contributed by atoms with Crippen LogP contribution in [0.5, 0.6) is 11.5 Å². The maximum absolute atomic E-state index is 13.8. The Labute approximate surface area is 207 Å². The van der Waals surface area contributed by atoms with Gasteiger partial charge in [0.15, 0.2) is 0 Å². The lowest BCUT2D eigenvalue weighted by Gasteiger charge is -2.31. The average Bonchev–Trinajstić information content (AvgIpc) is 3.29. The highest BCUT2D eigenvalue weighted by molar-refractivity contribution is 6.32. The van der Waals surface area contributed by atoms with Crippen molar-refractivity contribution in [3.05, 3.63) is 107 Å². The molecule has 2 amide bonds. The van der Waals surface area contributed by atoms with Crippen molar-refractivity contribution in [3.63, 3.8) is 0 Å². The summed E-state index contributed by atoms with van der Waals surface area (Å²) in [4.78, 5) is 15.6. The Bertz CT molecular complexity index is 1390. The van der Waals surface area contributed by atoms with Gasteiger partial charge in [-0.3, -0.25) is 0 Å². The highest BCUT2D eigenvalue weighted by atomic mass is 35.5. The number of para-hydroxylation sites is 1. The molecule has 0 saturated carbocycles. The second-order valence-corrected chi connectivity index (χ2v) is 8.54. The smallest absolute Gasteiger partial charge is 0.323 e. The Hall–Kier alpha value is -3.97. The monoisotopic (exact) mass is 491 g/mol. The van der Waals surface area contributed by atoms with Crippen molar-refractivity contribution < 1.29 is 18.7 Å². The SMILES string of the molecule is COc1cc(OC)c(NC(=O)N2Cc3ccccc3-n3cccc3[C@@H]2c2ccc(F)cc2)cc1Cl. The zero-order valence-corrected chi connectivity index (χ0v) is 19.9. The molecule has 0 spiro atoms. The van der Waals surface area contributed by atoms with Crippen molar-refractivity contribution in [3.8, 4) is 17.2 Å². The molecule has 0 fully saturated rings. The van der Waals surface area contributed by atoms with E-state index in [1.54, 1.807) is 29.2 Å². The zero-order chi connectivity index (χ0) is 24.5. The molecule has 1 atom stereocenters. The zero-order valence-electron chi connectivity index (χ0n) is 19.2. The molecule has 0 unspecified atom stereocenters. The molecule has 4 aromatic rings. The Morgan fingerprint density at radius 2 is 1.74 bits per heavy atom. The summed E-state index contributed by atoms with van der Waals surface area (Å²) >= 11 is 6.33. The lowest BCUT2D eigenvalue weighted by atomic mass is 10.0. The molecule has 8 heteroatoms. The lowest BCUT2D eigenvalue weighted by molar-refractivity contribution is 0.194. The van der Waals surface area contributed by atoms with Crippen molar-refractivity contribution in [1.29, 1.82) is 0 Å². The van der Waals surface area contributed by atoms with Crippen LogP contribution >= 0.6 is 11.6 Å². The van der Waals surface area contributed by atoms with Crippen LogP contribution in [0.15, 0.2) is 79.0 Å². The number of halogens is 2. The van der Waals surface area contributed by atoms with Gasteiger partial charge in [0.1, 0.15) is 17.3 Å². The molecule has 3 aromatic carbocycles. The summed E-state index contributed by atoms with van der Waals surface area (Å²) in [6, 6.07) is 20.5. The molecule has 35 heavy (non-hydrogen) atoms. The van der Waals surface area contributed by atoms with Crippen LogP contribution in [0.1, 0.15) is 22.9 Å². The van der Waals surface area contributed by atoms with E-state index in [2.05, 4.69) is 9.88 Å². The first-order chi connectivity index (χ1) is 17.0. The van der Waals surface area contributed by atoms with E-state index in [0.29, 0.717) is 28.8 Å². The molecule has 6 nitrogen and oxygen atoms in total. The summed E-state index contributed by atoms with van der Waals surface area (Å²) in [7, 11) is 3.02. The molecule has 1 N–H and O–H groups in total. The van der Waals surface area contributed by atoms with Gasteiger partial charge < -0.3 is 24.3 Å². The van der Waals surface area contributed by atoms with E-state index in [1.807, 2.05) is 42.6 Å². The number of fused-ring (bicyclic) bond motifs is 3. The van der Waals surface area contributed by atoms with Crippen molar-refractivity contribution in [2.24, 2.45) is 0 Å². The Kier molecular flexibility index (Phi) is 6.09. The predicted octanol–water partition coefficient (Wildman–Crippen LogP) is 6.42. The van der Waals surface area contributed by atoms with Gasteiger partial charge in [0.05, 0.1) is 43.2 Å². The molecule has 1 aliphatic heterocycles. The Morgan fingerprint density at radius 3 is 2.49 bits per heavy atom. The summed E-state index contributed by atoms with van der Waals surface area (Å²) in [6.45, 7) is 0.331. The second-order valence-electron chi connectivity index (χ2n) is 8.13. The second kappa shape index (κ2) is 9.35. The van der Waals surface area contributed by atoms with Gasteiger partial charge in [-0.25, -0.2) is 9.18 Å². The van der Waals surface area contributed by atoms with Gasteiger partial charge in [-0.15, -0.1) is 0 Å². The fourth-order valence-electron chi connectivity index (χ4n) is 4.48. The van der Waals surface area contributed by atoms with Gasteiger partial charge in [0.2, 0.25) is 0 Å². The van der Waals surface area contributed by atoms with E-state index in [0.717, 1.165) is 22.5 Å². The third kappa shape index (κ3) is 4.19. The molecular formula is C27H23ClFN3O3. The number of anilines is 1. The molecule has 0 bridgehead atoms. The number of hydrogen-bond donors (Lipinski definition) is 1. The number of nitrogens with zero attached hydrogens (tertiary/aromatic N) is 2. The van der Waals surface area contributed by atoms with Crippen LogP contribution in [0.4, 0.5) is 14.9 Å². The first kappa shape index (κ1) is 22.8. The van der Waals surface area contributed by atoms with Gasteiger partial charge in [0.25, 0.3) is 0 Å². The normalized spacial score (nSPS) is 14.5. The van der Waals surface area contributed by atoms with Gasteiger partial charge in [0, 0.05) is 18.0 Å². The molecule has 0 saturated heterocycles. The summed E-state index contributed by atoms with van der Waals surface area (Å²) < 4.78 is 26.6. The molecular weight excluding hydrogens is 469 g/mol. The van der Waals surface area contributed by atoms with E-state index < -0.39 is 6.04 Å². The van der Waals surface area contributed by atoms with Crippen LogP contribution in [-0.4, -0.2) is 29.7 Å². The topological polar surface area (TPSA) is 55.7 Å². The van der Waals surface area contributed by atoms with Crippen LogP contribution in [0.25, 0.3) is 5.69 Å². The van der Waals surface area contributed by atoms with Gasteiger partial charge in [-0.2, -0.15) is 0 Å². The standard InChI is InChI=1S/C27H23ClFN3O3/c1-34-24-15-25(35-2)21(14-20(24)28)30-27(33)32-16-18-6-3-4-7-22(18)31-13-5-8-23(31)26(32)17-9-11-19(29)12-10-17/h3-15,26H,16H2,1-2H3,(H,30,33)/t26-/m0/s1. The summed E-state index contributed by atoms with van der Waals surface area (Å²) in [5.41, 5.74) is 4.05. The number of carbonyl (C=O) groups is 1. The van der Waals surface area contributed by atoms with E-state index >= 15 is 0 Å². The van der Waals surface area contributed by atoms with Crippen LogP contribution in [0, 0.1) is 5.82 Å². The van der Waals surface area contributed by atoms with Crippen molar-refractivity contribution in [2.45, 2.75) is 12.6 Å². The highest BCUT2D eigenvalue weighted by Crippen LogP contribution is 2.39. The van der Waals surface area contributed by atoms with E-state index in [-0.39, 0.29) is 11.8 Å². The van der Waals surface area contributed by atoms with E-state index in [9.17, 15) is 9.18 Å². The number of urea groups is 1. The van der Waals surface area contributed by atoms with Crippen LogP contribution in [0.2, 0.25) is 5.02 Å². The maximum Gasteiger partial charge on any atom is 0.323 e. The van der Waals surface area contributed by atoms with Crippen LogP contribution in [0.3, 0.4) is 0 Å². The van der Waals surface area contributed by atoms with Gasteiger partial charge in [-0.1, -0.05) is 41.9 Å². The molecule has 178 valence electrons.